The van der Waals surface area contributed by atoms with Gasteiger partial charge in [0, 0.05) is 32.0 Å². The van der Waals surface area contributed by atoms with E-state index in [1.807, 2.05) is 19.1 Å². The van der Waals surface area contributed by atoms with E-state index in [2.05, 4.69) is 19.2 Å². The fourth-order valence-corrected chi connectivity index (χ4v) is 7.44. The predicted octanol–water partition coefficient (Wildman–Crippen LogP) is 5.30. The lowest BCUT2D eigenvalue weighted by Gasteiger charge is -2.41. The third kappa shape index (κ3) is 8.85. The summed E-state index contributed by atoms with van der Waals surface area (Å²) in [6.45, 7) is 11.0. The van der Waals surface area contributed by atoms with Crippen molar-refractivity contribution < 1.29 is 48.3 Å². The lowest BCUT2D eigenvalue weighted by Crippen LogP contribution is -2.63. The zero-order chi connectivity index (χ0) is 40.6. The number of aliphatic hydroxyl groups excluding tert-OH is 1. The van der Waals surface area contributed by atoms with E-state index in [9.17, 15) is 29.4 Å². The summed E-state index contributed by atoms with van der Waals surface area (Å²) in [6.07, 6.45) is -0.651. The fourth-order valence-electron chi connectivity index (χ4n) is 7.13. The number of carbonyl (C=O) groups excluding carboxylic acids is 4. The van der Waals surface area contributed by atoms with Crippen LogP contribution in [0.1, 0.15) is 81.8 Å². The van der Waals surface area contributed by atoms with Gasteiger partial charge in [-0.1, -0.05) is 68.3 Å². The van der Waals surface area contributed by atoms with Gasteiger partial charge in [-0.2, -0.15) is 0 Å². The summed E-state index contributed by atoms with van der Waals surface area (Å²) >= 11 is 6.75. The van der Waals surface area contributed by atoms with Gasteiger partial charge in [-0.05, 0) is 68.5 Å². The summed E-state index contributed by atoms with van der Waals surface area (Å²) in [5.74, 6) is -1.58. The quantitative estimate of drug-likeness (QED) is 0.259. The molecule has 8 atom stereocenters. The molecule has 14 heteroatoms. The van der Waals surface area contributed by atoms with Gasteiger partial charge in [-0.15, -0.1) is 0 Å². The molecule has 55 heavy (non-hydrogen) atoms. The van der Waals surface area contributed by atoms with E-state index in [0.717, 1.165) is 16.7 Å². The zero-order valence-corrected chi connectivity index (χ0v) is 33.5. The first-order valence-electron chi connectivity index (χ1n) is 18.4. The first-order valence-corrected chi connectivity index (χ1v) is 18.8. The molecule has 0 saturated carbocycles. The highest BCUT2D eigenvalue weighted by Crippen LogP contribution is 2.49. The second kappa shape index (κ2) is 16.4. The highest BCUT2D eigenvalue weighted by molar-refractivity contribution is 6.35. The Morgan fingerprint density at radius 3 is 2.45 bits per heavy atom. The van der Waals surface area contributed by atoms with Crippen LogP contribution in [0.4, 0.5) is 10.5 Å². The normalized spacial score (nSPS) is 30.5. The minimum atomic E-state index is -2.06. The molecule has 3 aliphatic heterocycles. The molecule has 3 aliphatic rings. The summed E-state index contributed by atoms with van der Waals surface area (Å²) in [5, 5.41) is 25.1. The van der Waals surface area contributed by atoms with Crippen molar-refractivity contribution in [3.63, 3.8) is 0 Å². The molecule has 0 radical (unpaired) electrons. The van der Waals surface area contributed by atoms with Gasteiger partial charge in [-0.25, -0.2) is 9.59 Å². The maximum absolute atomic E-state index is 14.2. The lowest BCUT2D eigenvalue weighted by molar-refractivity contribution is -0.158. The van der Waals surface area contributed by atoms with Crippen LogP contribution in [-0.4, -0.2) is 102 Å². The van der Waals surface area contributed by atoms with Crippen molar-refractivity contribution >= 4 is 41.2 Å². The number of allylic oxidation sites excluding steroid dienone is 3. The molecule has 3 amide bonds. The SMILES string of the molecule is COc1cc2cc(c1Cl)N(C)C(=O)C[C@H](OC(=O)[C@H](C)N(C)C(=O)c1ccc(C(C)C)cc1)[C@]1(C)O[C@H]1[C@H](C)[C@@H]1C[C@@](O)(NC(=O)O1)[C@H](O)/C=C/C=C(\C)C2. The third-order valence-corrected chi connectivity index (χ3v) is 11.4. The maximum Gasteiger partial charge on any atom is 0.409 e. The summed E-state index contributed by atoms with van der Waals surface area (Å²) in [7, 11) is 4.54. The molecule has 13 nitrogen and oxygen atoms in total. The van der Waals surface area contributed by atoms with Crippen LogP contribution in [-0.2, 0) is 30.2 Å². The summed E-state index contributed by atoms with van der Waals surface area (Å²) in [5.41, 5.74) is 0.142. The summed E-state index contributed by atoms with van der Waals surface area (Å²) in [6, 6.07) is 9.66. The van der Waals surface area contributed by atoms with E-state index in [1.165, 1.54) is 30.0 Å². The van der Waals surface area contributed by atoms with Crippen LogP contribution in [0, 0.1) is 5.92 Å². The number of alkyl carbamates (subject to hydrolysis) is 1. The molecule has 0 spiro atoms. The Morgan fingerprint density at radius 2 is 1.82 bits per heavy atom. The van der Waals surface area contributed by atoms with E-state index in [0.29, 0.717) is 23.4 Å². The number of hydrogen-bond donors (Lipinski definition) is 3. The topological polar surface area (TPSA) is 167 Å². The molecular weight excluding hydrogens is 730 g/mol. The standard InChI is InChI=1S/C41H52ClN3O10/c1-22(2)27-13-15-28(16-14-27)37(48)44(7)25(5)38(49)54-33-20-34(47)45(8)29-18-26(19-30(52-9)35(29)42)17-23(3)11-10-12-32(46)41(51)21-31(53-39(50)43-41)24(4)36-40(33,6)55-36/h10-16,18-19,22,24-25,31-33,36,46,51H,17,20-21H2,1-9H3,(H,43,50)/b12-10+,23-11+/t24-,25+,31+,32-,33+,36+,40+,41+/m1/s1. The maximum atomic E-state index is 14.2. The Kier molecular flexibility index (Phi) is 12.4. The van der Waals surface area contributed by atoms with Crippen LogP contribution in [0.2, 0.25) is 5.02 Å². The van der Waals surface area contributed by atoms with Crippen molar-refractivity contribution in [2.24, 2.45) is 5.92 Å². The molecule has 2 saturated heterocycles. The molecule has 3 heterocycles. The zero-order valence-electron chi connectivity index (χ0n) is 32.8. The first kappa shape index (κ1) is 41.7. The van der Waals surface area contributed by atoms with E-state index in [4.69, 9.17) is 30.5 Å². The van der Waals surface area contributed by atoms with Gasteiger partial charge in [0.25, 0.3) is 5.91 Å². The molecule has 0 aliphatic carbocycles. The molecule has 2 aromatic carbocycles. The van der Waals surface area contributed by atoms with E-state index in [-0.39, 0.29) is 29.7 Å². The van der Waals surface area contributed by atoms with Gasteiger partial charge >= 0.3 is 12.1 Å². The number of rotatable bonds is 6. The van der Waals surface area contributed by atoms with Crippen LogP contribution in [0.25, 0.3) is 0 Å². The number of nitrogens with one attached hydrogen (secondary N) is 1. The number of methoxy groups -OCH3 is 1. The fraction of sp³-hybridized carbons (Fsp3) is 0.512. The minimum Gasteiger partial charge on any atom is -0.495 e. The molecule has 3 N–H and O–H groups in total. The summed E-state index contributed by atoms with van der Waals surface area (Å²) in [4.78, 5) is 56.9. The Bertz CT molecular complexity index is 1860. The number of amides is 3. The number of nitrogens with zero attached hydrogens (tertiary/aromatic N) is 2. The van der Waals surface area contributed by atoms with Crippen molar-refractivity contribution in [3.05, 3.63) is 81.9 Å². The number of benzene rings is 2. The molecule has 2 aromatic rings. The average Bonchev–Trinajstić information content (AvgIpc) is 3.84. The molecule has 298 valence electrons. The van der Waals surface area contributed by atoms with Crippen LogP contribution in [0.5, 0.6) is 5.75 Å². The highest BCUT2D eigenvalue weighted by Gasteiger charge is 2.64. The van der Waals surface area contributed by atoms with Crippen molar-refractivity contribution in [3.8, 4) is 5.75 Å². The van der Waals surface area contributed by atoms with Crippen LogP contribution < -0.4 is 15.0 Å². The molecule has 5 rings (SSSR count). The number of carbonyl (C=O) groups is 4. The highest BCUT2D eigenvalue weighted by atomic mass is 35.5. The average molecular weight is 782 g/mol. The van der Waals surface area contributed by atoms with Crippen molar-refractivity contribution in [1.82, 2.24) is 10.2 Å². The number of epoxide rings is 1. The van der Waals surface area contributed by atoms with Gasteiger partial charge in [0.05, 0.1) is 25.3 Å². The number of likely N-dealkylation sites (N-methyl/N-ethyl adjacent to an activating group) is 1. The smallest absolute Gasteiger partial charge is 0.409 e. The Hall–Kier alpha value is -4.43. The molecule has 4 bridgehead atoms. The number of ether oxygens (including phenoxy) is 4. The number of aliphatic hydroxyl groups is 2. The Morgan fingerprint density at radius 1 is 1.15 bits per heavy atom. The predicted molar refractivity (Wildman–Crippen MR) is 206 cm³/mol. The monoisotopic (exact) mass is 781 g/mol. The third-order valence-electron chi connectivity index (χ3n) is 11.0. The lowest BCUT2D eigenvalue weighted by atomic mass is 9.83. The van der Waals surface area contributed by atoms with Gasteiger partial charge in [0.15, 0.2) is 5.72 Å². The minimum absolute atomic E-state index is 0.192. The van der Waals surface area contributed by atoms with Crippen LogP contribution >= 0.6 is 11.6 Å². The molecule has 0 unspecified atom stereocenters. The molecule has 2 fully saturated rings. The van der Waals surface area contributed by atoms with E-state index >= 15 is 0 Å². The number of halogens is 1. The number of anilines is 1. The van der Waals surface area contributed by atoms with Gasteiger partial charge in [-0.3, -0.25) is 14.9 Å². The van der Waals surface area contributed by atoms with Gasteiger partial charge in [0.1, 0.15) is 40.7 Å². The largest absolute Gasteiger partial charge is 0.495 e. The van der Waals surface area contributed by atoms with Crippen molar-refractivity contribution in [2.75, 3.05) is 26.1 Å². The van der Waals surface area contributed by atoms with Crippen LogP contribution in [0.15, 0.2) is 60.2 Å². The molecule has 0 aromatic heterocycles. The van der Waals surface area contributed by atoms with Gasteiger partial charge in [0.2, 0.25) is 5.91 Å². The second-order valence-corrected chi connectivity index (χ2v) is 15.8. The number of hydrogen-bond acceptors (Lipinski definition) is 10. The van der Waals surface area contributed by atoms with Crippen LogP contribution in [0.3, 0.4) is 0 Å². The Balaban J connectivity index is 1.49. The Labute approximate surface area is 327 Å². The second-order valence-electron chi connectivity index (χ2n) is 15.4. The van der Waals surface area contributed by atoms with Crippen molar-refractivity contribution in [2.45, 2.75) is 109 Å². The molecular formula is C41H52ClN3O10. The summed E-state index contributed by atoms with van der Waals surface area (Å²) < 4.78 is 23.5. The first-order chi connectivity index (χ1) is 25.8. The number of fused-ring (bicyclic) bond motifs is 5. The van der Waals surface area contributed by atoms with Gasteiger partial charge < -0.3 is 39.0 Å². The van der Waals surface area contributed by atoms with E-state index in [1.54, 1.807) is 64.2 Å². The van der Waals surface area contributed by atoms with Crippen molar-refractivity contribution in [1.29, 1.82) is 0 Å². The van der Waals surface area contributed by atoms with E-state index < -0.39 is 65.7 Å². The number of esters is 1.